The summed E-state index contributed by atoms with van der Waals surface area (Å²) in [5.74, 6) is 1.31. The van der Waals surface area contributed by atoms with E-state index < -0.39 is 0 Å². The third kappa shape index (κ3) is 2.49. The van der Waals surface area contributed by atoms with E-state index in [0.717, 1.165) is 23.4 Å². The molecule has 0 saturated heterocycles. The van der Waals surface area contributed by atoms with Crippen molar-refractivity contribution < 1.29 is 14.3 Å². The van der Waals surface area contributed by atoms with E-state index in [1.54, 1.807) is 37.7 Å². The zero-order valence-corrected chi connectivity index (χ0v) is 12.8. The Morgan fingerprint density at radius 3 is 2.52 bits per heavy atom. The standard InChI is InChI=1S/C16H17NO3S/c1-19-12-6-5-11(10-13(12)20-2)17-15(18)16(7-8-16)14-4-3-9-21-14/h3-6,9-10H,7-8H2,1-2H3,(H,17,18). The molecule has 0 spiro atoms. The molecule has 1 aromatic heterocycles. The Balaban J connectivity index is 1.79. The fraction of sp³-hybridized carbons (Fsp3) is 0.312. The first-order valence-electron chi connectivity index (χ1n) is 6.77. The number of nitrogens with one attached hydrogen (secondary N) is 1. The highest BCUT2D eigenvalue weighted by molar-refractivity contribution is 7.10. The summed E-state index contributed by atoms with van der Waals surface area (Å²) in [7, 11) is 3.17. The van der Waals surface area contributed by atoms with Gasteiger partial charge in [0.25, 0.3) is 0 Å². The molecule has 1 aliphatic rings. The summed E-state index contributed by atoms with van der Waals surface area (Å²) < 4.78 is 10.5. The number of hydrogen-bond acceptors (Lipinski definition) is 4. The molecule has 0 unspecified atom stereocenters. The van der Waals surface area contributed by atoms with Crippen molar-refractivity contribution >= 4 is 22.9 Å². The maximum absolute atomic E-state index is 12.6. The molecule has 1 aromatic carbocycles. The van der Waals surface area contributed by atoms with Crippen LogP contribution in [-0.2, 0) is 10.2 Å². The molecule has 1 N–H and O–H groups in total. The summed E-state index contributed by atoms with van der Waals surface area (Å²) in [6.07, 6.45) is 1.82. The molecule has 2 aromatic rings. The number of ether oxygens (including phenoxy) is 2. The predicted octanol–water partition coefficient (Wildman–Crippen LogP) is 3.44. The highest BCUT2D eigenvalue weighted by atomic mass is 32.1. The summed E-state index contributed by atoms with van der Waals surface area (Å²) in [6, 6.07) is 9.42. The van der Waals surface area contributed by atoms with Gasteiger partial charge < -0.3 is 14.8 Å². The quantitative estimate of drug-likeness (QED) is 0.920. The maximum atomic E-state index is 12.6. The first-order chi connectivity index (χ1) is 10.2. The van der Waals surface area contributed by atoms with E-state index in [4.69, 9.17) is 9.47 Å². The third-order valence-corrected chi connectivity index (χ3v) is 4.89. The Kier molecular flexibility index (Phi) is 3.59. The smallest absolute Gasteiger partial charge is 0.235 e. The van der Waals surface area contributed by atoms with Crippen LogP contribution in [0.25, 0.3) is 0 Å². The summed E-state index contributed by atoms with van der Waals surface area (Å²) >= 11 is 1.64. The van der Waals surface area contributed by atoms with Crippen LogP contribution in [0.5, 0.6) is 11.5 Å². The first-order valence-corrected chi connectivity index (χ1v) is 7.65. The number of rotatable bonds is 5. The Morgan fingerprint density at radius 2 is 1.95 bits per heavy atom. The minimum atomic E-state index is -0.332. The van der Waals surface area contributed by atoms with Crippen LogP contribution >= 0.6 is 11.3 Å². The molecule has 1 amide bonds. The largest absolute Gasteiger partial charge is 0.493 e. The topological polar surface area (TPSA) is 47.6 Å². The van der Waals surface area contributed by atoms with Gasteiger partial charge >= 0.3 is 0 Å². The van der Waals surface area contributed by atoms with Crippen molar-refractivity contribution in [3.63, 3.8) is 0 Å². The second kappa shape index (κ2) is 5.41. The average Bonchev–Trinajstić information content (AvgIpc) is 3.14. The lowest BCUT2D eigenvalue weighted by atomic mass is 10.0. The Morgan fingerprint density at radius 1 is 1.19 bits per heavy atom. The average molecular weight is 303 g/mol. The number of thiophene rings is 1. The Bertz CT molecular complexity index is 648. The highest BCUT2D eigenvalue weighted by Crippen LogP contribution is 2.50. The van der Waals surface area contributed by atoms with Gasteiger partial charge in [-0.05, 0) is 36.4 Å². The highest BCUT2D eigenvalue weighted by Gasteiger charge is 2.52. The van der Waals surface area contributed by atoms with Gasteiger partial charge in [0.1, 0.15) is 0 Å². The van der Waals surface area contributed by atoms with E-state index >= 15 is 0 Å². The third-order valence-electron chi connectivity index (χ3n) is 3.82. The zero-order valence-electron chi connectivity index (χ0n) is 12.0. The summed E-state index contributed by atoms with van der Waals surface area (Å²) in [5, 5.41) is 5.00. The molecule has 0 atom stereocenters. The molecule has 1 aliphatic carbocycles. The molecule has 5 heteroatoms. The van der Waals surface area contributed by atoms with Gasteiger partial charge in [-0.15, -0.1) is 11.3 Å². The minimum absolute atomic E-state index is 0.0529. The lowest BCUT2D eigenvalue weighted by Crippen LogP contribution is -2.26. The van der Waals surface area contributed by atoms with Gasteiger partial charge in [-0.3, -0.25) is 4.79 Å². The molecule has 1 saturated carbocycles. The summed E-state index contributed by atoms with van der Waals surface area (Å²) in [4.78, 5) is 13.7. The van der Waals surface area contributed by atoms with Crippen LogP contribution in [-0.4, -0.2) is 20.1 Å². The summed E-state index contributed by atoms with van der Waals surface area (Å²) in [5.41, 5.74) is 0.391. The molecule has 0 bridgehead atoms. The number of carbonyl (C=O) groups excluding carboxylic acids is 1. The van der Waals surface area contributed by atoms with Gasteiger partial charge in [0, 0.05) is 16.6 Å². The van der Waals surface area contributed by atoms with E-state index in [1.165, 1.54) is 0 Å². The fourth-order valence-electron chi connectivity index (χ4n) is 2.43. The number of anilines is 1. The monoisotopic (exact) mass is 303 g/mol. The first kappa shape index (κ1) is 13.9. The van der Waals surface area contributed by atoms with E-state index in [0.29, 0.717) is 11.5 Å². The normalized spacial score (nSPS) is 15.3. The van der Waals surface area contributed by atoms with Crippen LogP contribution in [0, 0.1) is 0 Å². The second-order valence-corrected chi connectivity index (χ2v) is 6.03. The molecule has 21 heavy (non-hydrogen) atoms. The molecule has 4 nitrogen and oxygen atoms in total. The van der Waals surface area contributed by atoms with Gasteiger partial charge in [-0.1, -0.05) is 6.07 Å². The number of methoxy groups -OCH3 is 2. The molecular formula is C16H17NO3S. The molecule has 0 aliphatic heterocycles. The molecule has 1 heterocycles. The van der Waals surface area contributed by atoms with Crippen molar-refractivity contribution in [1.29, 1.82) is 0 Å². The zero-order chi connectivity index (χ0) is 14.9. The van der Waals surface area contributed by atoms with E-state index in [1.807, 2.05) is 23.6 Å². The van der Waals surface area contributed by atoms with Gasteiger partial charge in [0.15, 0.2) is 11.5 Å². The molecule has 110 valence electrons. The molecule has 1 fully saturated rings. The second-order valence-electron chi connectivity index (χ2n) is 5.08. The fourth-order valence-corrected chi connectivity index (χ4v) is 3.41. The van der Waals surface area contributed by atoms with Gasteiger partial charge in [-0.2, -0.15) is 0 Å². The van der Waals surface area contributed by atoms with Gasteiger partial charge in [-0.25, -0.2) is 0 Å². The summed E-state index contributed by atoms with van der Waals surface area (Å²) in [6.45, 7) is 0. The van der Waals surface area contributed by atoms with Crippen LogP contribution in [0.2, 0.25) is 0 Å². The van der Waals surface area contributed by atoms with Crippen LogP contribution in [0.1, 0.15) is 17.7 Å². The van der Waals surface area contributed by atoms with Crippen LogP contribution in [0.15, 0.2) is 35.7 Å². The van der Waals surface area contributed by atoms with Crippen molar-refractivity contribution in [2.75, 3.05) is 19.5 Å². The van der Waals surface area contributed by atoms with Crippen molar-refractivity contribution in [2.45, 2.75) is 18.3 Å². The Hall–Kier alpha value is -2.01. The van der Waals surface area contributed by atoms with Crippen LogP contribution in [0.4, 0.5) is 5.69 Å². The van der Waals surface area contributed by atoms with Crippen molar-refractivity contribution in [2.24, 2.45) is 0 Å². The number of benzene rings is 1. The van der Waals surface area contributed by atoms with Crippen molar-refractivity contribution in [1.82, 2.24) is 0 Å². The molecule has 0 radical (unpaired) electrons. The maximum Gasteiger partial charge on any atom is 0.235 e. The van der Waals surface area contributed by atoms with E-state index in [2.05, 4.69) is 5.32 Å². The number of carbonyl (C=O) groups is 1. The van der Waals surface area contributed by atoms with E-state index in [9.17, 15) is 4.79 Å². The Labute approximate surface area is 127 Å². The van der Waals surface area contributed by atoms with Crippen LogP contribution in [0.3, 0.4) is 0 Å². The van der Waals surface area contributed by atoms with Crippen molar-refractivity contribution in [3.05, 3.63) is 40.6 Å². The number of hydrogen-bond donors (Lipinski definition) is 1. The molecule has 3 rings (SSSR count). The molecular weight excluding hydrogens is 286 g/mol. The van der Waals surface area contributed by atoms with Crippen molar-refractivity contribution in [3.8, 4) is 11.5 Å². The SMILES string of the molecule is COc1ccc(NC(=O)C2(c3cccs3)CC2)cc1OC. The number of amides is 1. The van der Waals surface area contributed by atoms with E-state index in [-0.39, 0.29) is 11.3 Å². The van der Waals surface area contributed by atoms with Crippen LogP contribution < -0.4 is 14.8 Å². The van der Waals surface area contributed by atoms with Gasteiger partial charge in [0.05, 0.1) is 19.6 Å². The predicted molar refractivity (Wildman–Crippen MR) is 83.4 cm³/mol. The van der Waals surface area contributed by atoms with Gasteiger partial charge in [0.2, 0.25) is 5.91 Å². The minimum Gasteiger partial charge on any atom is -0.493 e. The lowest BCUT2D eigenvalue weighted by Gasteiger charge is -2.15. The lowest BCUT2D eigenvalue weighted by molar-refractivity contribution is -0.118.